The lowest BCUT2D eigenvalue weighted by atomic mass is 10.1. The molecule has 0 aliphatic carbocycles. The molecule has 0 radical (unpaired) electrons. The first-order valence-corrected chi connectivity index (χ1v) is 7.48. The summed E-state index contributed by atoms with van der Waals surface area (Å²) in [5, 5.41) is 0.519. The van der Waals surface area contributed by atoms with Gasteiger partial charge in [0.05, 0.1) is 11.7 Å². The van der Waals surface area contributed by atoms with Gasteiger partial charge in [-0.05, 0) is 31.0 Å². The number of halogens is 1. The van der Waals surface area contributed by atoms with Crippen LogP contribution in [0.3, 0.4) is 0 Å². The van der Waals surface area contributed by atoms with Crippen LogP contribution >= 0.6 is 11.6 Å². The highest BCUT2D eigenvalue weighted by atomic mass is 35.5. The standard InChI is InChI=1S/C15H21ClN2O3/c1-20-12-4-7-18(8-5-12)15(19)13-10-11(16)2-3-14(13)21-9-6-17/h2-3,10,12H,4-9,17H2,1H3. The molecule has 1 saturated heterocycles. The molecule has 0 bridgehead atoms. The smallest absolute Gasteiger partial charge is 0.257 e. The van der Waals surface area contributed by atoms with Crippen LogP contribution in [0.1, 0.15) is 23.2 Å². The molecule has 0 saturated carbocycles. The first kappa shape index (κ1) is 16.1. The number of likely N-dealkylation sites (tertiary alicyclic amines) is 1. The van der Waals surface area contributed by atoms with E-state index in [0.29, 0.717) is 42.6 Å². The molecule has 0 atom stereocenters. The van der Waals surface area contributed by atoms with E-state index in [1.54, 1.807) is 25.3 Å². The summed E-state index contributed by atoms with van der Waals surface area (Å²) in [7, 11) is 1.71. The lowest BCUT2D eigenvalue weighted by Gasteiger charge is -2.31. The predicted molar refractivity (Wildman–Crippen MR) is 81.9 cm³/mol. The number of hydrogen-bond acceptors (Lipinski definition) is 4. The third-order valence-electron chi connectivity index (χ3n) is 3.61. The normalized spacial score (nSPS) is 16.0. The minimum atomic E-state index is -0.0564. The van der Waals surface area contributed by atoms with Gasteiger partial charge in [0.25, 0.3) is 5.91 Å². The van der Waals surface area contributed by atoms with Crippen LogP contribution in [0.15, 0.2) is 18.2 Å². The van der Waals surface area contributed by atoms with Crippen molar-refractivity contribution in [2.45, 2.75) is 18.9 Å². The molecule has 0 spiro atoms. The van der Waals surface area contributed by atoms with Gasteiger partial charge in [0.2, 0.25) is 0 Å². The van der Waals surface area contributed by atoms with Crippen molar-refractivity contribution in [1.29, 1.82) is 0 Å². The SMILES string of the molecule is COC1CCN(C(=O)c2cc(Cl)ccc2OCCN)CC1. The summed E-state index contributed by atoms with van der Waals surface area (Å²) in [6.07, 6.45) is 1.94. The monoisotopic (exact) mass is 312 g/mol. The van der Waals surface area contributed by atoms with E-state index in [4.69, 9.17) is 26.8 Å². The Bertz CT molecular complexity index is 488. The molecule has 2 N–H and O–H groups in total. The Morgan fingerprint density at radius 1 is 1.43 bits per heavy atom. The fraction of sp³-hybridized carbons (Fsp3) is 0.533. The van der Waals surface area contributed by atoms with E-state index in [1.165, 1.54) is 0 Å². The molecule has 1 amide bonds. The first-order chi connectivity index (χ1) is 10.2. The fourth-order valence-electron chi connectivity index (χ4n) is 2.43. The molecule has 2 rings (SSSR count). The van der Waals surface area contributed by atoms with E-state index in [-0.39, 0.29) is 12.0 Å². The summed E-state index contributed by atoms with van der Waals surface area (Å²) >= 11 is 6.01. The van der Waals surface area contributed by atoms with E-state index in [9.17, 15) is 4.79 Å². The Kier molecular flexibility index (Phi) is 5.85. The summed E-state index contributed by atoms with van der Waals surface area (Å²) in [6, 6.07) is 5.08. The van der Waals surface area contributed by atoms with Crippen molar-refractivity contribution in [2.24, 2.45) is 5.73 Å². The van der Waals surface area contributed by atoms with Crippen LogP contribution in [0.25, 0.3) is 0 Å². The van der Waals surface area contributed by atoms with Crippen LogP contribution in [0.5, 0.6) is 5.75 Å². The van der Waals surface area contributed by atoms with Gasteiger partial charge in [-0.15, -0.1) is 0 Å². The van der Waals surface area contributed by atoms with Gasteiger partial charge in [-0.3, -0.25) is 4.79 Å². The Hall–Kier alpha value is -1.30. The average Bonchev–Trinajstić information content (AvgIpc) is 2.53. The van der Waals surface area contributed by atoms with Gasteiger partial charge in [0.15, 0.2) is 0 Å². The molecule has 0 unspecified atom stereocenters. The number of carbonyl (C=O) groups excluding carboxylic acids is 1. The van der Waals surface area contributed by atoms with Crippen LogP contribution in [0.4, 0.5) is 0 Å². The Morgan fingerprint density at radius 3 is 2.76 bits per heavy atom. The third-order valence-corrected chi connectivity index (χ3v) is 3.85. The van der Waals surface area contributed by atoms with Gasteiger partial charge in [-0.2, -0.15) is 0 Å². The molecule has 1 aliphatic rings. The van der Waals surface area contributed by atoms with Crippen LogP contribution in [0.2, 0.25) is 5.02 Å². The lowest BCUT2D eigenvalue weighted by Crippen LogP contribution is -2.40. The second-order valence-electron chi connectivity index (χ2n) is 5.00. The van der Waals surface area contributed by atoms with Crippen LogP contribution in [-0.4, -0.2) is 50.3 Å². The van der Waals surface area contributed by atoms with Crippen molar-refractivity contribution in [2.75, 3.05) is 33.4 Å². The lowest BCUT2D eigenvalue weighted by molar-refractivity contribution is 0.0349. The van der Waals surface area contributed by atoms with Crippen LogP contribution < -0.4 is 10.5 Å². The minimum absolute atomic E-state index is 0.0564. The molecule has 1 fully saturated rings. The van der Waals surface area contributed by atoms with Crippen molar-refractivity contribution in [1.82, 2.24) is 4.90 Å². The van der Waals surface area contributed by atoms with E-state index in [0.717, 1.165) is 12.8 Å². The highest BCUT2D eigenvalue weighted by Gasteiger charge is 2.25. The van der Waals surface area contributed by atoms with Gasteiger partial charge in [-0.25, -0.2) is 0 Å². The zero-order valence-electron chi connectivity index (χ0n) is 12.2. The molecule has 1 heterocycles. The number of hydrogen-bond donors (Lipinski definition) is 1. The number of nitrogens with two attached hydrogens (primary N) is 1. The predicted octanol–water partition coefficient (Wildman–Crippen LogP) is 1.93. The summed E-state index contributed by atoms with van der Waals surface area (Å²) in [4.78, 5) is 14.5. The van der Waals surface area contributed by atoms with Crippen molar-refractivity contribution in [3.05, 3.63) is 28.8 Å². The van der Waals surface area contributed by atoms with E-state index in [2.05, 4.69) is 0 Å². The maximum atomic E-state index is 12.6. The average molecular weight is 313 g/mol. The number of piperidine rings is 1. The van der Waals surface area contributed by atoms with Crippen molar-refractivity contribution < 1.29 is 14.3 Å². The fourth-order valence-corrected chi connectivity index (χ4v) is 2.60. The number of benzene rings is 1. The molecule has 21 heavy (non-hydrogen) atoms. The highest BCUT2D eigenvalue weighted by molar-refractivity contribution is 6.31. The molecule has 5 nitrogen and oxygen atoms in total. The molecule has 1 aliphatic heterocycles. The maximum absolute atomic E-state index is 12.6. The number of methoxy groups -OCH3 is 1. The molecule has 0 aromatic heterocycles. The molecule has 116 valence electrons. The van der Waals surface area contributed by atoms with Crippen LogP contribution in [0, 0.1) is 0 Å². The number of amides is 1. The quantitative estimate of drug-likeness (QED) is 0.902. The Labute approximate surface area is 130 Å². The molecule has 1 aromatic carbocycles. The second kappa shape index (κ2) is 7.64. The summed E-state index contributed by atoms with van der Waals surface area (Å²) in [6.45, 7) is 2.13. The number of ether oxygens (including phenoxy) is 2. The van der Waals surface area contributed by atoms with Crippen molar-refractivity contribution >= 4 is 17.5 Å². The van der Waals surface area contributed by atoms with Gasteiger partial charge in [-0.1, -0.05) is 11.6 Å². The number of rotatable bonds is 5. The molecule has 1 aromatic rings. The zero-order valence-corrected chi connectivity index (χ0v) is 12.9. The van der Waals surface area contributed by atoms with E-state index < -0.39 is 0 Å². The van der Waals surface area contributed by atoms with Crippen LogP contribution in [-0.2, 0) is 4.74 Å². The summed E-state index contributed by atoms with van der Waals surface area (Å²) in [5.41, 5.74) is 5.94. The third kappa shape index (κ3) is 4.09. The van der Waals surface area contributed by atoms with Crippen molar-refractivity contribution in [3.8, 4) is 5.75 Å². The summed E-state index contributed by atoms with van der Waals surface area (Å²) in [5.74, 6) is 0.475. The number of nitrogens with zero attached hydrogens (tertiary/aromatic N) is 1. The molecular formula is C15H21ClN2O3. The second-order valence-corrected chi connectivity index (χ2v) is 5.44. The Balaban J connectivity index is 2.12. The van der Waals surface area contributed by atoms with Gasteiger partial charge >= 0.3 is 0 Å². The zero-order chi connectivity index (χ0) is 15.2. The van der Waals surface area contributed by atoms with E-state index >= 15 is 0 Å². The minimum Gasteiger partial charge on any atom is -0.491 e. The molecular weight excluding hydrogens is 292 g/mol. The van der Waals surface area contributed by atoms with Gasteiger partial charge < -0.3 is 20.1 Å². The first-order valence-electron chi connectivity index (χ1n) is 7.10. The van der Waals surface area contributed by atoms with E-state index in [1.807, 2.05) is 4.90 Å². The van der Waals surface area contributed by atoms with Gasteiger partial charge in [0, 0.05) is 31.8 Å². The number of carbonyl (C=O) groups is 1. The summed E-state index contributed by atoms with van der Waals surface area (Å²) < 4.78 is 10.9. The molecule has 6 heteroatoms. The largest absolute Gasteiger partial charge is 0.491 e. The topological polar surface area (TPSA) is 64.8 Å². The Morgan fingerprint density at radius 2 is 2.14 bits per heavy atom. The van der Waals surface area contributed by atoms with Crippen molar-refractivity contribution in [3.63, 3.8) is 0 Å². The maximum Gasteiger partial charge on any atom is 0.257 e. The highest BCUT2D eigenvalue weighted by Crippen LogP contribution is 2.26. The van der Waals surface area contributed by atoms with Gasteiger partial charge in [0.1, 0.15) is 12.4 Å².